The Kier molecular flexibility index (Phi) is 8.94. The van der Waals surface area contributed by atoms with Gasteiger partial charge in [0.05, 0.1) is 14.2 Å². The molecule has 0 aromatic heterocycles. The predicted octanol–water partition coefficient (Wildman–Crippen LogP) is 5.23. The Hall–Kier alpha value is -1.91. The van der Waals surface area contributed by atoms with E-state index >= 15 is 0 Å². The molecule has 1 amide bonds. The molecule has 1 atom stereocenters. The molecule has 1 aromatic rings. The number of fused-ring (bicyclic) bond motifs is 1. The molecule has 5 nitrogen and oxygen atoms in total. The summed E-state index contributed by atoms with van der Waals surface area (Å²) in [5.74, 6) is 1.58. The summed E-state index contributed by atoms with van der Waals surface area (Å²) in [5.41, 5.74) is 1.93. The second-order valence-corrected chi connectivity index (χ2v) is 7.51. The average Bonchev–Trinajstić information content (AvgIpc) is 2.64. The molecule has 0 aliphatic heterocycles. The normalized spacial score (nSPS) is 15.8. The van der Waals surface area contributed by atoms with Gasteiger partial charge in [-0.1, -0.05) is 26.8 Å². The first-order chi connectivity index (χ1) is 12.8. The Balaban J connectivity index is 0.00000176. The van der Waals surface area contributed by atoms with Crippen LogP contribution in [0.15, 0.2) is 12.1 Å². The first-order valence-electron chi connectivity index (χ1n) is 10.0. The van der Waals surface area contributed by atoms with E-state index in [1.54, 1.807) is 14.2 Å². The molecule has 5 heteroatoms. The molecule has 0 saturated carbocycles. The van der Waals surface area contributed by atoms with Gasteiger partial charge >= 0.3 is 6.09 Å². The molecule has 1 aromatic carbocycles. The monoisotopic (exact) mass is 379 g/mol. The van der Waals surface area contributed by atoms with Crippen LogP contribution in [0.1, 0.15) is 65.5 Å². The number of hydrogen-bond acceptors (Lipinski definition) is 4. The van der Waals surface area contributed by atoms with Gasteiger partial charge in [0.15, 0.2) is 11.5 Å². The van der Waals surface area contributed by atoms with Gasteiger partial charge in [-0.25, -0.2) is 4.79 Å². The number of carbonyl (C=O) groups is 1. The van der Waals surface area contributed by atoms with Gasteiger partial charge in [-0.3, -0.25) is 0 Å². The van der Waals surface area contributed by atoms with E-state index in [9.17, 15) is 4.79 Å². The van der Waals surface area contributed by atoms with Gasteiger partial charge < -0.3 is 19.1 Å². The number of benzene rings is 1. The van der Waals surface area contributed by atoms with Crippen LogP contribution in [0, 0.1) is 0 Å². The largest absolute Gasteiger partial charge is 0.493 e. The van der Waals surface area contributed by atoms with E-state index in [4.69, 9.17) is 14.2 Å². The lowest BCUT2D eigenvalue weighted by Gasteiger charge is -2.36. The maximum atomic E-state index is 12.6. The minimum absolute atomic E-state index is 0.153. The first kappa shape index (κ1) is 23.1. The van der Waals surface area contributed by atoms with Crippen molar-refractivity contribution in [3.05, 3.63) is 23.3 Å². The van der Waals surface area contributed by atoms with Crippen LogP contribution in [0.4, 0.5) is 4.79 Å². The maximum Gasteiger partial charge on any atom is 0.410 e. The summed E-state index contributed by atoms with van der Waals surface area (Å²) < 4.78 is 16.6. The van der Waals surface area contributed by atoms with E-state index in [-0.39, 0.29) is 12.1 Å². The lowest BCUT2D eigenvalue weighted by molar-refractivity contribution is 0.0146. The fourth-order valence-corrected chi connectivity index (χ4v) is 3.41. The first-order valence-corrected chi connectivity index (χ1v) is 10.0. The summed E-state index contributed by atoms with van der Waals surface area (Å²) in [4.78, 5) is 14.5. The lowest BCUT2D eigenvalue weighted by atomic mass is 9.86. The highest BCUT2D eigenvalue weighted by Crippen LogP contribution is 2.38. The van der Waals surface area contributed by atoms with Crippen molar-refractivity contribution in [3.8, 4) is 11.5 Å². The Morgan fingerprint density at radius 1 is 1.19 bits per heavy atom. The van der Waals surface area contributed by atoms with Crippen molar-refractivity contribution in [1.29, 1.82) is 0 Å². The summed E-state index contributed by atoms with van der Waals surface area (Å²) >= 11 is 0. The van der Waals surface area contributed by atoms with Crippen molar-refractivity contribution in [1.82, 2.24) is 4.90 Å². The average molecular weight is 380 g/mol. The van der Waals surface area contributed by atoms with Crippen LogP contribution in [0.5, 0.6) is 11.5 Å². The Morgan fingerprint density at radius 2 is 1.85 bits per heavy atom. The van der Waals surface area contributed by atoms with E-state index in [2.05, 4.69) is 13.0 Å². The summed E-state index contributed by atoms with van der Waals surface area (Å²) in [5, 5.41) is 0. The van der Waals surface area contributed by atoms with Crippen molar-refractivity contribution < 1.29 is 19.0 Å². The van der Waals surface area contributed by atoms with E-state index in [1.807, 2.05) is 45.6 Å². The van der Waals surface area contributed by atoms with Crippen LogP contribution in [-0.2, 0) is 17.6 Å². The van der Waals surface area contributed by atoms with Gasteiger partial charge in [0.1, 0.15) is 5.60 Å². The zero-order chi connectivity index (χ0) is 20.6. The maximum absolute atomic E-state index is 12.6. The van der Waals surface area contributed by atoms with Crippen molar-refractivity contribution >= 4 is 6.09 Å². The zero-order valence-electron chi connectivity index (χ0n) is 18.3. The minimum atomic E-state index is -0.480. The van der Waals surface area contributed by atoms with Crippen LogP contribution in [0.3, 0.4) is 0 Å². The molecule has 0 spiro atoms. The molecule has 1 aliphatic rings. The number of nitrogens with zero attached hydrogens (tertiary/aromatic N) is 1. The summed E-state index contributed by atoms with van der Waals surface area (Å²) in [7, 11) is 3.33. The number of ether oxygens (including phenoxy) is 3. The Morgan fingerprint density at radius 3 is 2.37 bits per heavy atom. The quantitative estimate of drug-likeness (QED) is 0.702. The highest BCUT2D eigenvalue weighted by molar-refractivity contribution is 5.69. The van der Waals surface area contributed by atoms with Crippen molar-refractivity contribution in [3.63, 3.8) is 0 Å². The number of carbonyl (C=O) groups excluding carboxylic acids is 1. The molecule has 0 N–H and O–H groups in total. The highest BCUT2D eigenvalue weighted by Gasteiger charge is 2.32. The molecular weight excluding hydrogens is 342 g/mol. The number of rotatable bonds is 5. The van der Waals surface area contributed by atoms with Crippen molar-refractivity contribution in [2.24, 2.45) is 0 Å². The lowest BCUT2D eigenvalue weighted by Crippen LogP contribution is -2.46. The van der Waals surface area contributed by atoms with Crippen LogP contribution in [-0.4, -0.2) is 43.4 Å². The van der Waals surface area contributed by atoms with Crippen LogP contribution in [0.25, 0.3) is 0 Å². The van der Waals surface area contributed by atoms with Gasteiger partial charge in [-0.15, -0.1) is 0 Å². The third-order valence-corrected chi connectivity index (χ3v) is 4.46. The van der Waals surface area contributed by atoms with Gasteiger partial charge in [-0.2, -0.15) is 0 Å². The molecule has 0 fully saturated rings. The molecule has 0 saturated heterocycles. The topological polar surface area (TPSA) is 48.0 Å². The second kappa shape index (κ2) is 10.4. The summed E-state index contributed by atoms with van der Waals surface area (Å²) in [6, 6.07) is 4.18. The van der Waals surface area contributed by atoms with Crippen molar-refractivity contribution in [2.45, 2.75) is 78.9 Å². The molecule has 0 unspecified atom stereocenters. The van der Waals surface area contributed by atoms with E-state index in [0.717, 1.165) is 37.2 Å². The molecule has 1 aliphatic carbocycles. The molecule has 154 valence electrons. The smallest absolute Gasteiger partial charge is 0.410 e. The minimum Gasteiger partial charge on any atom is -0.493 e. The molecule has 0 heterocycles. The summed E-state index contributed by atoms with van der Waals surface area (Å²) in [6.45, 7) is 12.5. The predicted molar refractivity (Wildman–Crippen MR) is 110 cm³/mol. The van der Waals surface area contributed by atoms with E-state index in [0.29, 0.717) is 6.54 Å². The fourth-order valence-electron chi connectivity index (χ4n) is 3.41. The standard InChI is InChI=1S/C20H31NO4.C2H6/c1-7-12-21(19(22)25-20(2,3)4)15-9-10-16-14(13-15)8-11-17(23-5)18(16)24-6;1-2/h8,11,15H,7,9-10,12-13H2,1-6H3;1-2H3/t15-;/m0./s1. The van der Waals surface area contributed by atoms with Crippen LogP contribution >= 0.6 is 0 Å². The third-order valence-electron chi connectivity index (χ3n) is 4.46. The molecule has 27 heavy (non-hydrogen) atoms. The highest BCUT2D eigenvalue weighted by atomic mass is 16.6. The Bertz CT molecular complexity index is 607. The van der Waals surface area contributed by atoms with Gasteiger partial charge in [0, 0.05) is 18.2 Å². The van der Waals surface area contributed by atoms with E-state index < -0.39 is 5.60 Å². The summed E-state index contributed by atoms with van der Waals surface area (Å²) in [6.07, 6.45) is 3.27. The van der Waals surface area contributed by atoms with Crippen LogP contribution < -0.4 is 9.47 Å². The molecular formula is C22H37NO4. The van der Waals surface area contributed by atoms with Gasteiger partial charge in [-0.05, 0) is 58.1 Å². The number of methoxy groups -OCH3 is 2. The zero-order valence-corrected chi connectivity index (χ0v) is 18.3. The number of hydrogen-bond donors (Lipinski definition) is 0. The van der Waals surface area contributed by atoms with Crippen molar-refractivity contribution in [2.75, 3.05) is 20.8 Å². The molecule has 2 rings (SSSR count). The third kappa shape index (κ3) is 6.05. The van der Waals surface area contributed by atoms with Crippen LogP contribution in [0.2, 0.25) is 0 Å². The second-order valence-electron chi connectivity index (χ2n) is 7.51. The SMILES string of the molecule is CC.CCCN(C(=O)OC(C)(C)C)[C@H]1CCc2c(ccc(OC)c2OC)C1. The number of amides is 1. The van der Waals surface area contributed by atoms with E-state index in [1.165, 1.54) is 11.1 Å². The Labute approximate surface area is 165 Å². The fraction of sp³-hybridized carbons (Fsp3) is 0.682. The van der Waals surface area contributed by atoms with Gasteiger partial charge in [0.2, 0.25) is 0 Å². The molecule has 0 bridgehead atoms. The van der Waals surface area contributed by atoms with Gasteiger partial charge in [0.25, 0.3) is 0 Å². The molecule has 0 radical (unpaired) electrons.